The first-order chi connectivity index (χ1) is 13.7. The highest BCUT2D eigenvalue weighted by molar-refractivity contribution is 6.14. The van der Waals surface area contributed by atoms with E-state index in [-0.39, 0.29) is 12.4 Å². The lowest BCUT2D eigenvalue weighted by molar-refractivity contribution is 0.100. The molecule has 1 aliphatic rings. The van der Waals surface area contributed by atoms with Gasteiger partial charge in [0.1, 0.15) is 19.0 Å². The zero-order chi connectivity index (χ0) is 19.3. The highest BCUT2D eigenvalue weighted by Gasteiger charge is 2.22. The molecule has 28 heavy (non-hydrogen) atoms. The number of carbonyl (C=O) groups excluding carboxylic acids is 1. The van der Waals surface area contributed by atoms with Gasteiger partial charge in [0, 0.05) is 5.57 Å². The smallest absolute Gasteiger partial charge is 0.196 e. The van der Waals surface area contributed by atoms with E-state index in [1.165, 1.54) is 0 Å². The summed E-state index contributed by atoms with van der Waals surface area (Å²) >= 11 is 0. The van der Waals surface area contributed by atoms with Gasteiger partial charge in [-0.1, -0.05) is 48.5 Å². The van der Waals surface area contributed by atoms with E-state index in [4.69, 9.17) is 14.2 Å². The number of rotatable bonds is 5. The van der Waals surface area contributed by atoms with E-state index in [1.807, 2.05) is 72.8 Å². The predicted molar refractivity (Wildman–Crippen MR) is 108 cm³/mol. The number of ether oxygens (including phenoxy) is 3. The SMILES string of the molecule is COc1cc(C=C2COc3ccccc3C2=O)ccc1OCc1ccccc1. The molecule has 0 aliphatic carbocycles. The van der Waals surface area contributed by atoms with E-state index in [0.29, 0.717) is 35.0 Å². The van der Waals surface area contributed by atoms with Gasteiger partial charge in [-0.15, -0.1) is 0 Å². The van der Waals surface area contributed by atoms with Crippen LogP contribution in [-0.4, -0.2) is 19.5 Å². The van der Waals surface area contributed by atoms with Crippen molar-refractivity contribution in [2.24, 2.45) is 0 Å². The highest BCUT2D eigenvalue weighted by atomic mass is 16.5. The Balaban J connectivity index is 1.54. The Bertz CT molecular complexity index is 1020. The minimum absolute atomic E-state index is 0.00905. The molecule has 0 fully saturated rings. The highest BCUT2D eigenvalue weighted by Crippen LogP contribution is 2.31. The maximum Gasteiger partial charge on any atom is 0.196 e. The zero-order valence-electron chi connectivity index (χ0n) is 15.6. The van der Waals surface area contributed by atoms with Crippen molar-refractivity contribution in [2.45, 2.75) is 6.61 Å². The van der Waals surface area contributed by atoms with Crippen LogP contribution in [0.4, 0.5) is 0 Å². The monoisotopic (exact) mass is 372 g/mol. The van der Waals surface area contributed by atoms with Crippen LogP contribution in [0.5, 0.6) is 17.2 Å². The normalized spacial score (nSPS) is 14.3. The summed E-state index contributed by atoms with van der Waals surface area (Å²) in [7, 11) is 1.60. The second kappa shape index (κ2) is 8.01. The van der Waals surface area contributed by atoms with E-state index in [1.54, 1.807) is 13.2 Å². The first-order valence-electron chi connectivity index (χ1n) is 9.06. The van der Waals surface area contributed by atoms with Crippen LogP contribution in [0.25, 0.3) is 6.08 Å². The molecule has 140 valence electrons. The average Bonchev–Trinajstić information content (AvgIpc) is 2.75. The zero-order valence-corrected chi connectivity index (χ0v) is 15.6. The van der Waals surface area contributed by atoms with Crippen LogP contribution in [0.2, 0.25) is 0 Å². The molecule has 3 aromatic carbocycles. The van der Waals surface area contributed by atoms with Gasteiger partial charge in [0.05, 0.1) is 12.7 Å². The van der Waals surface area contributed by atoms with E-state index in [9.17, 15) is 4.79 Å². The van der Waals surface area contributed by atoms with Gasteiger partial charge < -0.3 is 14.2 Å². The molecule has 0 amide bonds. The Hall–Kier alpha value is -3.53. The molecule has 1 heterocycles. The molecular weight excluding hydrogens is 352 g/mol. The van der Waals surface area contributed by atoms with E-state index < -0.39 is 0 Å². The topological polar surface area (TPSA) is 44.8 Å². The van der Waals surface area contributed by atoms with Crippen molar-refractivity contribution < 1.29 is 19.0 Å². The number of hydrogen-bond acceptors (Lipinski definition) is 4. The summed E-state index contributed by atoms with van der Waals surface area (Å²) in [5, 5.41) is 0. The number of methoxy groups -OCH3 is 1. The minimum Gasteiger partial charge on any atom is -0.493 e. The van der Waals surface area contributed by atoms with Gasteiger partial charge in [-0.3, -0.25) is 4.79 Å². The van der Waals surface area contributed by atoms with Crippen LogP contribution in [0.15, 0.2) is 78.4 Å². The van der Waals surface area contributed by atoms with Gasteiger partial charge >= 0.3 is 0 Å². The Labute approximate surface area is 164 Å². The Morgan fingerprint density at radius 2 is 1.75 bits per heavy atom. The largest absolute Gasteiger partial charge is 0.493 e. The molecule has 4 heteroatoms. The summed E-state index contributed by atoms with van der Waals surface area (Å²) in [5.41, 5.74) is 3.14. The van der Waals surface area contributed by atoms with Crippen molar-refractivity contribution in [1.29, 1.82) is 0 Å². The first kappa shape index (κ1) is 17.9. The third-order valence-electron chi connectivity index (χ3n) is 4.57. The summed E-state index contributed by atoms with van der Waals surface area (Å²) in [6, 6.07) is 22.9. The van der Waals surface area contributed by atoms with Crippen molar-refractivity contribution >= 4 is 11.9 Å². The lowest BCUT2D eigenvalue weighted by Gasteiger charge is -2.18. The van der Waals surface area contributed by atoms with Gasteiger partial charge in [0.2, 0.25) is 0 Å². The lowest BCUT2D eigenvalue weighted by atomic mass is 9.98. The first-order valence-corrected chi connectivity index (χ1v) is 9.06. The molecule has 1 aliphatic heterocycles. The molecule has 0 saturated carbocycles. The summed E-state index contributed by atoms with van der Waals surface area (Å²) in [4.78, 5) is 12.7. The number of fused-ring (bicyclic) bond motifs is 1. The fourth-order valence-corrected chi connectivity index (χ4v) is 3.11. The third kappa shape index (κ3) is 3.76. The van der Waals surface area contributed by atoms with Gasteiger partial charge in [-0.05, 0) is 41.5 Å². The molecule has 0 saturated heterocycles. The quantitative estimate of drug-likeness (QED) is 0.596. The molecule has 3 aromatic rings. The molecule has 0 aromatic heterocycles. The Morgan fingerprint density at radius 1 is 0.964 bits per heavy atom. The lowest BCUT2D eigenvalue weighted by Crippen LogP contribution is -2.18. The minimum atomic E-state index is -0.00905. The third-order valence-corrected chi connectivity index (χ3v) is 4.57. The number of Topliss-reactive ketones (excluding diaryl/α,β-unsaturated/α-hetero) is 1. The van der Waals surface area contributed by atoms with Crippen molar-refractivity contribution in [3.63, 3.8) is 0 Å². The van der Waals surface area contributed by atoms with Gasteiger partial charge in [-0.2, -0.15) is 0 Å². The van der Waals surface area contributed by atoms with Crippen LogP contribution >= 0.6 is 0 Å². The predicted octanol–water partition coefficient (Wildman–Crippen LogP) is 4.93. The molecule has 0 N–H and O–H groups in total. The van der Waals surface area contributed by atoms with Crippen LogP contribution < -0.4 is 14.2 Å². The number of carbonyl (C=O) groups is 1. The Kier molecular flexibility index (Phi) is 5.11. The van der Waals surface area contributed by atoms with Crippen molar-refractivity contribution in [2.75, 3.05) is 13.7 Å². The van der Waals surface area contributed by atoms with E-state index >= 15 is 0 Å². The summed E-state index contributed by atoms with van der Waals surface area (Å²) < 4.78 is 17.1. The van der Waals surface area contributed by atoms with Gasteiger partial charge in [0.25, 0.3) is 0 Å². The van der Waals surface area contributed by atoms with Crippen LogP contribution in [0, 0.1) is 0 Å². The molecule has 0 atom stereocenters. The van der Waals surface area contributed by atoms with E-state index in [0.717, 1.165) is 11.1 Å². The maximum atomic E-state index is 12.7. The van der Waals surface area contributed by atoms with Crippen LogP contribution in [0.1, 0.15) is 21.5 Å². The number of para-hydroxylation sites is 1. The van der Waals surface area contributed by atoms with Gasteiger partial charge in [0.15, 0.2) is 17.3 Å². The number of benzene rings is 3. The molecule has 0 bridgehead atoms. The summed E-state index contributed by atoms with van der Waals surface area (Å²) in [6.45, 7) is 0.713. The Morgan fingerprint density at radius 3 is 2.57 bits per heavy atom. The van der Waals surface area contributed by atoms with Crippen molar-refractivity contribution in [1.82, 2.24) is 0 Å². The van der Waals surface area contributed by atoms with Crippen LogP contribution in [-0.2, 0) is 6.61 Å². The average molecular weight is 372 g/mol. The fraction of sp³-hybridized carbons (Fsp3) is 0.125. The fourth-order valence-electron chi connectivity index (χ4n) is 3.11. The molecule has 0 unspecified atom stereocenters. The van der Waals surface area contributed by atoms with Crippen molar-refractivity contribution in [3.05, 3.63) is 95.1 Å². The second-order valence-electron chi connectivity index (χ2n) is 6.47. The molecule has 4 rings (SSSR count). The van der Waals surface area contributed by atoms with Crippen molar-refractivity contribution in [3.8, 4) is 17.2 Å². The number of ketones is 1. The molecule has 0 spiro atoms. The molecular formula is C24H20O4. The second-order valence-corrected chi connectivity index (χ2v) is 6.47. The molecule has 4 nitrogen and oxygen atoms in total. The molecule has 0 radical (unpaired) electrons. The van der Waals surface area contributed by atoms with E-state index in [2.05, 4.69) is 0 Å². The standard InChI is InChI=1S/C24H20O4/c1-26-23-14-18(11-12-22(23)27-15-17-7-3-2-4-8-17)13-19-16-28-21-10-6-5-9-20(21)24(19)25/h2-14H,15-16H2,1H3. The summed E-state index contributed by atoms with van der Waals surface area (Å²) in [5.74, 6) is 1.90. The number of hydrogen-bond donors (Lipinski definition) is 0. The summed E-state index contributed by atoms with van der Waals surface area (Å²) in [6.07, 6.45) is 1.84. The van der Waals surface area contributed by atoms with Gasteiger partial charge in [-0.25, -0.2) is 0 Å². The maximum absolute atomic E-state index is 12.7. The van der Waals surface area contributed by atoms with Crippen LogP contribution in [0.3, 0.4) is 0 Å².